The van der Waals surface area contributed by atoms with E-state index in [2.05, 4.69) is 31.9 Å². The van der Waals surface area contributed by atoms with Crippen LogP contribution in [0, 0.1) is 15.9 Å². The van der Waals surface area contributed by atoms with Crippen LogP contribution in [0.4, 0.5) is 10.1 Å². The summed E-state index contributed by atoms with van der Waals surface area (Å²) in [6.45, 7) is 0. The van der Waals surface area contributed by atoms with E-state index in [-0.39, 0.29) is 26.7 Å². The highest BCUT2D eigenvalue weighted by molar-refractivity contribution is 9.10. The van der Waals surface area contributed by atoms with Crippen molar-refractivity contribution >= 4 is 49.1 Å². The van der Waals surface area contributed by atoms with Crippen molar-refractivity contribution in [3.8, 4) is 11.5 Å². The summed E-state index contributed by atoms with van der Waals surface area (Å²) in [5.41, 5.74) is -0.366. The molecule has 0 radical (unpaired) electrons. The molecule has 4 nitrogen and oxygen atoms in total. The second-order valence-electron chi connectivity index (χ2n) is 3.67. The summed E-state index contributed by atoms with van der Waals surface area (Å²) >= 11 is 12.1. The number of halogens is 4. The molecule has 0 aliphatic heterocycles. The largest absolute Gasteiger partial charge is 0.448 e. The highest BCUT2D eigenvalue weighted by atomic mass is 79.9. The van der Waals surface area contributed by atoms with E-state index in [0.29, 0.717) is 4.47 Å². The average molecular weight is 425 g/mol. The molecule has 0 saturated heterocycles. The van der Waals surface area contributed by atoms with Gasteiger partial charge in [-0.1, -0.05) is 27.5 Å². The number of hydrogen-bond acceptors (Lipinski definition) is 3. The number of nitrogens with zero attached hydrogens (tertiary/aromatic N) is 1. The first-order valence-electron chi connectivity index (χ1n) is 5.15. The molecule has 0 heterocycles. The van der Waals surface area contributed by atoms with Gasteiger partial charge < -0.3 is 4.74 Å². The number of nitro groups is 1. The van der Waals surface area contributed by atoms with Crippen molar-refractivity contribution in [1.82, 2.24) is 0 Å². The number of rotatable bonds is 3. The van der Waals surface area contributed by atoms with E-state index in [1.807, 2.05) is 0 Å². The monoisotopic (exact) mass is 423 g/mol. The van der Waals surface area contributed by atoms with Crippen LogP contribution in [-0.2, 0) is 0 Å². The zero-order chi connectivity index (χ0) is 14.9. The van der Waals surface area contributed by atoms with Crippen LogP contribution in [0.2, 0.25) is 5.02 Å². The molecule has 0 spiro atoms. The van der Waals surface area contributed by atoms with Crippen molar-refractivity contribution in [3.05, 3.63) is 60.2 Å². The third kappa shape index (κ3) is 3.28. The summed E-state index contributed by atoms with van der Waals surface area (Å²) in [6, 6.07) is 6.75. The summed E-state index contributed by atoms with van der Waals surface area (Å²) in [6.07, 6.45) is 0. The maximum absolute atomic E-state index is 13.5. The molecule has 2 rings (SSSR count). The van der Waals surface area contributed by atoms with Gasteiger partial charge >= 0.3 is 5.69 Å². The van der Waals surface area contributed by atoms with Gasteiger partial charge in [0.1, 0.15) is 11.6 Å². The zero-order valence-corrected chi connectivity index (χ0v) is 13.5. The van der Waals surface area contributed by atoms with Crippen molar-refractivity contribution in [2.24, 2.45) is 0 Å². The topological polar surface area (TPSA) is 52.4 Å². The van der Waals surface area contributed by atoms with Gasteiger partial charge in [0.05, 0.1) is 14.4 Å². The summed E-state index contributed by atoms with van der Waals surface area (Å²) in [4.78, 5) is 10.3. The van der Waals surface area contributed by atoms with Gasteiger partial charge in [-0.05, 0) is 34.1 Å². The molecule has 0 saturated carbocycles. The van der Waals surface area contributed by atoms with E-state index in [1.54, 1.807) is 12.1 Å². The molecule has 2 aromatic rings. The van der Waals surface area contributed by atoms with Gasteiger partial charge in [0.25, 0.3) is 0 Å². The molecule has 0 atom stereocenters. The predicted molar refractivity (Wildman–Crippen MR) is 80.0 cm³/mol. The summed E-state index contributed by atoms with van der Waals surface area (Å²) < 4.78 is 19.5. The van der Waals surface area contributed by atoms with Crippen LogP contribution in [0.15, 0.2) is 39.3 Å². The quantitative estimate of drug-likeness (QED) is 0.468. The molecule has 0 unspecified atom stereocenters. The molecule has 20 heavy (non-hydrogen) atoms. The van der Waals surface area contributed by atoms with Crippen LogP contribution < -0.4 is 4.74 Å². The van der Waals surface area contributed by atoms with Crippen LogP contribution in [0.1, 0.15) is 0 Å². The van der Waals surface area contributed by atoms with Gasteiger partial charge in [-0.3, -0.25) is 10.1 Å². The molecule has 2 aromatic carbocycles. The SMILES string of the molecule is O=[N+]([O-])c1cc(Br)c(F)cc1Oc1cc(Br)ccc1Cl. The molecule has 104 valence electrons. The summed E-state index contributed by atoms with van der Waals surface area (Å²) in [7, 11) is 0. The molecule has 0 N–H and O–H groups in total. The van der Waals surface area contributed by atoms with Crippen molar-refractivity contribution in [1.29, 1.82) is 0 Å². The van der Waals surface area contributed by atoms with E-state index in [9.17, 15) is 14.5 Å². The van der Waals surface area contributed by atoms with Crippen LogP contribution in [0.3, 0.4) is 0 Å². The zero-order valence-electron chi connectivity index (χ0n) is 9.57. The van der Waals surface area contributed by atoms with Gasteiger partial charge in [-0.2, -0.15) is 0 Å². The first-order chi connectivity index (χ1) is 9.38. The smallest absolute Gasteiger partial charge is 0.312 e. The average Bonchev–Trinajstić information content (AvgIpc) is 2.37. The minimum absolute atomic E-state index is 0.0168. The Labute approximate surface area is 134 Å². The number of ether oxygens (including phenoxy) is 1. The Balaban J connectivity index is 2.50. The third-order valence-electron chi connectivity index (χ3n) is 2.31. The first kappa shape index (κ1) is 15.2. The highest BCUT2D eigenvalue weighted by Gasteiger charge is 2.20. The first-order valence-corrected chi connectivity index (χ1v) is 7.11. The van der Waals surface area contributed by atoms with E-state index in [4.69, 9.17) is 16.3 Å². The van der Waals surface area contributed by atoms with Crippen molar-refractivity contribution < 1.29 is 14.1 Å². The molecule has 0 amide bonds. The Kier molecular flexibility index (Phi) is 4.62. The van der Waals surface area contributed by atoms with Gasteiger partial charge in [0.2, 0.25) is 5.75 Å². The second kappa shape index (κ2) is 6.07. The standard InChI is InChI=1S/C12H5Br2ClFNO3/c13-6-1-2-8(15)11(3-6)20-12-5-9(16)7(14)4-10(12)17(18)19/h1-5H. The minimum atomic E-state index is -0.670. The maximum atomic E-state index is 13.5. The van der Waals surface area contributed by atoms with Crippen LogP contribution >= 0.6 is 43.5 Å². The van der Waals surface area contributed by atoms with Gasteiger partial charge in [0.15, 0.2) is 0 Å². The molecule has 8 heteroatoms. The molecule has 0 bridgehead atoms. The molecule has 0 aliphatic rings. The van der Waals surface area contributed by atoms with E-state index >= 15 is 0 Å². The lowest BCUT2D eigenvalue weighted by Gasteiger charge is -2.09. The Hall–Kier alpha value is -1.18. The predicted octanol–water partition coefficient (Wildman–Crippen LogP) is 5.70. The number of benzene rings is 2. The Morgan fingerprint density at radius 2 is 1.90 bits per heavy atom. The minimum Gasteiger partial charge on any atom is -0.448 e. The van der Waals surface area contributed by atoms with Crippen molar-refractivity contribution in [2.75, 3.05) is 0 Å². The fourth-order valence-electron chi connectivity index (χ4n) is 1.42. The number of hydrogen-bond donors (Lipinski definition) is 0. The molecular formula is C12H5Br2ClFNO3. The molecule has 0 fully saturated rings. The second-order valence-corrected chi connectivity index (χ2v) is 5.85. The normalized spacial score (nSPS) is 10.4. The van der Waals surface area contributed by atoms with Gasteiger partial charge in [-0.25, -0.2) is 4.39 Å². The summed E-state index contributed by atoms with van der Waals surface area (Å²) in [5.74, 6) is -0.710. The fraction of sp³-hybridized carbons (Fsp3) is 0. The van der Waals surface area contributed by atoms with Crippen LogP contribution in [0.5, 0.6) is 11.5 Å². The summed E-state index contributed by atoms with van der Waals surface area (Å²) in [5, 5.41) is 11.2. The molecule has 0 aliphatic carbocycles. The van der Waals surface area contributed by atoms with Crippen molar-refractivity contribution in [2.45, 2.75) is 0 Å². The van der Waals surface area contributed by atoms with E-state index < -0.39 is 10.7 Å². The Bertz CT molecular complexity index is 697. The Morgan fingerprint density at radius 3 is 2.55 bits per heavy atom. The fourth-order valence-corrected chi connectivity index (χ4v) is 2.24. The van der Waals surface area contributed by atoms with Crippen molar-refractivity contribution in [3.63, 3.8) is 0 Å². The Morgan fingerprint density at radius 1 is 1.20 bits per heavy atom. The molecular weight excluding hydrogens is 420 g/mol. The van der Waals surface area contributed by atoms with Crippen LogP contribution in [0.25, 0.3) is 0 Å². The lowest BCUT2D eigenvalue weighted by Crippen LogP contribution is -1.95. The highest BCUT2D eigenvalue weighted by Crippen LogP contribution is 2.38. The van der Waals surface area contributed by atoms with E-state index in [1.165, 1.54) is 6.07 Å². The third-order valence-corrected chi connectivity index (χ3v) is 3.72. The maximum Gasteiger partial charge on any atom is 0.312 e. The van der Waals surface area contributed by atoms with E-state index in [0.717, 1.165) is 12.1 Å². The van der Waals surface area contributed by atoms with Crippen LogP contribution in [-0.4, -0.2) is 4.92 Å². The van der Waals surface area contributed by atoms with Gasteiger partial charge in [0, 0.05) is 16.6 Å². The lowest BCUT2D eigenvalue weighted by atomic mass is 10.3. The molecule has 0 aromatic heterocycles. The van der Waals surface area contributed by atoms with Gasteiger partial charge in [-0.15, -0.1) is 0 Å². The lowest BCUT2D eigenvalue weighted by molar-refractivity contribution is -0.385. The number of nitro benzene ring substituents is 1.